The molecule has 0 aliphatic heterocycles. The molecule has 0 saturated heterocycles. The summed E-state index contributed by atoms with van der Waals surface area (Å²) in [5.74, 6) is -0.900. The van der Waals surface area contributed by atoms with E-state index < -0.39 is 23.8 Å². The zero-order valence-corrected chi connectivity index (χ0v) is 12.9. The van der Waals surface area contributed by atoms with Crippen LogP contribution in [0.1, 0.15) is 31.1 Å². The van der Waals surface area contributed by atoms with E-state index in [4.69, 9.17) is 10.5 Å². The summed E-state index contributed by atoms with van der Waals surface area (Å²) in [6.45, 7) is 3.86. The zero-order valence-electron chi connectivity index (χ0n) is 12.9. The van der Waals surface area contributed by atoms with Gasteiger partial charge in [0.05, 0.1) is 0 Å². The first-order valence-electron chi connectivity index (χ1n) is 7.32. The normalized spacial score (nSPS) is 18.5. The Hall–Kier alpha value is -2.43. The largest absolute Gasteiger partial charge is 0.441 e. The molecule has 1 unspecified atom stereocenters. The van der Waals surface area contributed by atoms with Gasteiger partial charge in [-0.1, -0.05) is 26.0 Å². The van der Waals surface area contributed by atoms with Crippen LogP contribution in [0.15, 0.2) is 36.4 Å². The lowest BCUT2D eigenvalue weighted by atomic mass is 9.87. The summed E-state index contributed by atoms with van der Waals surface area (Å²) in [7, 11) is 0. The minimum atomic E-state index is -0.884. The molecule has 5 heteroatoms. The molecular weight excluding hydrogens is 300 g/mol. The third-order valence-electron chi connectivity index (χ3n) is 4.24. The van der Waals surface area contributed by atoms with Gasteiger partial charge in [-0.25, -0.2) is 13.6 Å². The van der Waals surface area contributed by atoms with Gasteiger partial charge in [0, 0.05) is 11.0 Å². The summed E-state index contributed by atoms with van der Waals surface area (Å²) in [6.07, 6.45) is -0.861. The topological polar surface area (TPSA) is 52.3 Å². The van der Waals surface area contributed by atoms with Crippen LogP contribution in [0.2, 0.25) is 0 Å². The summed E-state index contributed by atoms with van der Waals surface area (Å²) in [4.78, 5) is 11.1. The number of amides is 1. The molecule has 120 valence electrons. The number of nitrogens with two attached hydrogens (primary N) is 1. The molecule has 3 rings (SSSR count). The first-order chi connectivity index (χ1) is 10.8. The molecule has 0 aromatic heterocycles. The molecule has 0 spiro atoms. The first kappa shape index (κ1) is 15.5. The lowest BCUT2D eigenvalue weighted by Gasteiger charge is -2.26. The van der Waals surface area contributed by atoms with Crippen LogP contribution in [-0.2, 0) is 11.2 Å². The molecule has 1 amide bonds. The third-order valence-corrected chi connectivity index (χ3v) is 4.24. The Morgan fingerprint density at radius 1 is 1.26 bits per heavy atom. The minimum Gasteiger partial charge on any atom is -0.441 e. The molecule has 0 fully saturated rings. The van der Waals surface area contributed by atoms with E-state index in [0.717, 1.165) is 5.56 Å². The van der Waals surface area contributed by atoms with Crippen molar-refractivity contribution in [3.8, 4) is 11.1 Å². The van der Waals surface area contributed by atoms with Crippen LogP contribution in [0.5, 0.6) is 0 Å². The third kappa shape index (κ3) is 2.79. The van der Waals surface area contributed by atoms with Crippen LogP contribution in [0.3, 0.4) is 0 Å². The average Bonchev–Trinajstić information content (AvgIpc) is 2.68. The van der Waals surface area contributed by atoms with E-state index in [2.05, 4.69) is 0 Å². The van der Waals surface area contributed by atoms with Crippen molar-refractivity contribution in [2.75, 3.05) is 0 Å². The van der Waals surface area contributed by atoms with Crippen LogP contribution in [0.4, 0.5) is 13.6 Å². The Bertz CT molecular complexity index is 787. The monoisotopic (exact) mass is 317 g/mol. The molecule has 1 aliphatic rings. The van der Waals surface area contributed by atoms with Crippen molar-refractivity contribution in [1.82, 2.24) is 0 Å². The van der Waals surface area contributed by atoms with E-state index in [1.165, 1.54) is 18.2 Å². The van der Waals surface area contributed by atoms with Crippen LogP contribution >= 0.6 is 0 Å². The van der Waals surface area contributed by atoms with Crippen molar-refractivity contribution < 1.29 is 18.3 Å². The minimum absolute atomic E-state index is 0.332. The lowest BCUT2D eigenvalue weighted by Crippen LogP contribution is -2.25. The van der Waals surface area contributed by atoms with Crippen molar-refractivity contribution >= 4 is 6.09 Å². The van der Waals surface area contributed by atoms with E-state index in [0.29, 0.717) is 23.1 Å². The standard InChI is InChI=1S/C18H17F2NO2/c1-18(2)9-11-7-13(10-4-3-5-12(19)6-10)15(20)8-14(11)16(18)23-17(21)22/h3-8,16H,9H2,1-2H3,(H2,21,22). The van der Waals surface area contributed by atoms with E-state index in [1.54, 1.807) is 18.2 Å². The van der Waals surface area contributed by atoms with Crippen molar-refractivity contribution in [1.29, 1.82) is 0 Å². The van der Waals surface area contributed by atoms with E-state index in [-0.39, 0.29) is 5.41 Å². The maximum absolute atomic E-state index is 14.5. The molecule has 0 heterocycles. The Labute approximate surface area is 133 Å². The summed E-state index contributed by atoms with van der Waals surface area (Å²) >= 11 is 0. The quantitative estimate of drug-likeness (QED) is 0.895. The maximum atomic E-state index is 14.5. The van der Waals surface area contributed by atoms with E-state index in [1.807, 2.05) is 13.8 Å². The van der Waals surface area contributed by atoms with Crippen molar-refractivity contribution in [2.24, 2.45) is 11.1 Å². The van der Waals surface area contributed by atoms with Crippen molar-refractivity contribution in [3.05, 3.63) is 59.2 Å². The Balaban J connectivity index is 2.09. The van der Waals surface area contributed by atoms with Gasteiger partial charge in [0.25, 0.3) is 0 Å². The number of carbonyl (C=O) groups excluding carboxylic acids is 1. The highest BCUT2D eigenvalue weighted by atomic mass is 19.1. The predicted octanol–water partition coefficient (Wildman–Crippen LogP) is 4.35. The molecule has 2 N–H and O–H groups in total. The number of fused-ring (bicyclic) bond motifs is 1. The number of primary amides is 1. The van der Waals surface area contributed by atoms with Gasteiger partial charge in [0.1, 0.15) is 17.7 Å². The zero-order chi connectivity index (χ0) is 16.8. The van der Waals surface area contributed by atoms with Crippen LogP contribution in [-0.4, -0.2) is 6.09 Å². The number of ether oxygens (including phenoxy) is 1. The van der Waals surface area contributed by atoms with Gasteiger partial charge >= 0.3 is 6.09 Å². The highest BCUT2D eigenvalue weighted by molar-refractivity contribution is 5.68. The number of benzene rings is 2. The van der Waals surface area contributed by atoms with Gasteiger partial charge in [-0.3, -0.25) is 0 Å². The second kappa shape index (κ2) is 5.33. The molecule has 2 aromatic carbocycles. The molecule has 0 bridgehead atoms. The summed E-state index contributed by atoms with van der Waals surface area (Å²) in [6, 6.07) is 8.87. The fourth-order valence-corrected chi connectivity index (χ4v) is 3.25. The second-order valence-corrected chi connectivity index (χ2v) is 6.52. The Morgan fingerprint density at radius 3 is 2.65 bits per heavy atom. The van der Waals surface area contributed by atoms with Crippen LogP contribution in [0, 0.1) is 17.0 Å². The highest BCUT2D eigenvalue weighted by Gasteiger charge is 2.42. The molecule has 3 nitrogen and oxygen atoms in total. The fourth-order valence-electron chi connectivity index (χ4n) is 3.25. The van der Waals surface area contributed by atoms with Crippen LogP contribution < -0.4 is 5.73 Å². The van der Waals surface area contributed by atoms with Gasteiger partial charge in [0.2, 0.25) is 0 Å². The number of hydrogen-bond donors (Lipinski definition) is 1. The first-order valence-corrected chi connectivity index (χ1v) is 7.32. The van der Waals surface area contributed by atoms with Gasteiger partial charge in [-0.05, 0) is 47.4 Å². The van der Waals surface area contributed by atoms with E-state index in [9.17, 15) is 13.6 Å². The van der Waals surface area contributed by atoms with Gasteiger partial charge in [-0.15, -0.1) is 0 Å². The molecular formula is C18H17F2NO2. The van der Waals surface area contributed by atoms with Gasteiger partial charge in [-0.2, -0.15) is 0 Å². The van der Waals surface area contributed by atoms with Gasteiger partial charge in [0.15, 0.2) is 0 Å². The average molecular weight is 317 g/mol. The molecule has 0 radical (unpaired) electrons. The lowest BCUT2D eigenvalue weighted by molar-refractivity contribution is 0.0391. The highest BCUT2D eigenvalue weighted by Crippen LogP contribution is 2.48. The Kier molecular flexibility index (Phi) is 3.59. The molecule has 2 aromatic rings. The summed E-state index contributed by atoms with van der Waals surface area (Å²) in [5, 5.41) is 0. The number of hydrogen-bond acceptors (Lipinski definition) is 2. The van der Waals surface area contributed by atoms with Gasteiger partial charge < -0.3 is 10.5 Å². The molecule has 1 atom stereocenters. The van der Waals surface area contributed by atoms with Crippen molar-refractivity contribution in [3.63, 3.8) is 0 Å². The fraction of sp³-hybridized carbons (Fsp3) is 0.278. The smallest absolute Gasteiger partial charge is 0.405 e. The SMILES string of the molecule is CC1(C)Cc2cc(-c3cccc(F)c3)c(F)cc2C1OC(N)=O. The second-order valence-electron chi connectivity index (χ2n) is 6.52. The summed E-state index contributed by atoms with van der Waals surface area (Å²) < 4.78 is 33.1. The summed E-state index contributed by atoms with van der Waals surface area (Å²) in [5.41, 5.74) is 7.05. The maximum Gasteiger partial charge on any atom is 0.405 e. The number of carbonyl (C=O) groups is 1. The Morgan fingerprint density at radius 2 is 2.00 bits per heavy atom. The predicted molar refractivity (Wildman–Crippen MR) is 82.7 cm³/mol. The molecule has 0 saturated carbocycles. The molecule has 23 heavy (non-hydrogen) atoms. The van der Waals surface area contributed by atoms with Crippen molar-refractivity contribution in [2.45, 2.75) is 26.4 Å². The number of halogens is 2. The molecule has 1 aliphatic carbocycles. The van der Waals surface area contributed by atoms with Crippen LogP contribution in [0.25, 0.3) is 11.1 Å². The number of rotatable bonds is 2. The van der Waals surface area contributed by atoms with E-state index >= 15 is 0 Å².